The molecule has 0 amide bonds. The van der Waals surface area contributed by atoms with Crippen LogP contribution in [0.1, 0.15) is 0 Å². The zero-order valence-corrected chi connectivity index (χ0v) is 11.7. The first-order chi connectivity index (χ1) is 8.56. The minimum atomic E-state index is -0.302. The molecule has 0 saturated heterocycles. The van der Waals surface area contributed by atoms with Gasteiger partial charge in [0.05, 0.1) is 25.0 Å². The predicted octanol–water partition coefficient (Wildman–Crippen LogP) is 0.517. The highest BCUT2D eigenvalue weighted by Gasteiger charge is 2.08. The van der Waals surface area contributed by atoms with Gasteiger partial charge in [0.2, 0.25) is 0 Å². The Morgan fingerprint density at radius 1 is 1.56 bits per heavy atom. The van der Waals surface area contributed by atoms with E-state index in [4.69, 9.17) is 16.3 Å². The predicted molar refractivity (Wildman–Crippen MR) is 72.4 cm³/mol. The van der Waals surface area contributed by atoms with E-state index < -0.39 is 0 Å². The van der Waals surface area contributed by atoms with Crippen LogP contribution < -0.4 is 10.9 Å². The van der Waals surface area contributed by atoms with E-state index in [0.717, 1.165) is 6.54 Å². The van der Waals surface area contributed by atoms with E-state index in [1.807, 2.05) is 19.0 Å². The molecule has 7 heteroatoms. The van der Waals surface area contributed by atoms with Gasteiger partial charge in [0.25, 0.3) is 5.56 Å². The first-order valence-electron chi connectivity index (χ1n) is 5.69. The van der Waals surface area contributed by atoms with Gasteiger partial charge in [-0.3, -0.25) is 4.79 Å². The van der Waals surface area contributed by atoms with Crippen LogP contribution in [0.15, 0.2) is 11.0 Å². The molecule has 0 fully saturated rings. The van der Waals surface area contributed by atoms with Gasteiger partial charge in [-0.25, -0.2) is 4.68 Å². The van der Waals surface area contributed by atoms with Crippen molar-refractivity contribution in [3.8, 4) is 0 Å². The third-order valence-electron chi connectivity index (χ3n) is 2.37. The number of aromatic nitrogens is 2. The molecule has 0 aliphatic heterocycles. The molecule has 0 bridgehead atoms. The average Bonchev–Trinajstić information content (AvgIpc) is 2.33. The largest absolute Gasteiger partial charge is 0.383 e. The SMILES string of the molecule is COCCn1ncc(NCCN(C)C)c(Cl)c1=O. The van der Waals surface area contributed by atoms with Crippen LogP contribution in [0.4, 0.5) is 5.69 Å². The molecule has 102 valence electrons. The third kappa shape index (κ3) is 4.29. The summed E-state index contributed by atoms with van der Waals surface area (Å²) in [4.78, 5) is 13.9. The summed E-state index contributed by atoms with van der Waals surface area (Å²) >= 11 is 6.00. The molecule has 0 aliphatic rings. The van der Waals surface area contributed by atoms with E-state index in [2.05, 4.69) is 10.4 Å². The first kappa shape index (κ1) is 14.9. The van der Waals surface area contributed by atoms with Crippen LogP contribution in [0.5, 0.6) is 0 Å². The van der Waals surface area contributed by atoms with Crippen molar-refractivity contribution >= 4 is 17.3 Å². The zero-order valence-electron chi connectivity index (χ0n) is 10.9. The molecule has 1 rings (SSSR count). The molecular weight excluding hydrogens is 256 g/mol. The third-order valence-corrected chi connectivity index (χ3v) is 2.73. The highest BCUT2D eigenvalue weighted by atomic mass is 35.5. The normalized spacial score (nSPS) is 10.9. The van der Waals surface area contributed by atoms with Crippen LogP contribution in [-0.2, 0) is 11.3 Å². The molecule has 1 aromatic heterocycles. The van der Waals surface area contributed by atoms with E-state index in [1.54, 1.807) is 13.3 Å². The lowest BCUT2D eigenvalue weighted by Crippen LogP contribution is -2.27. The van der Waals surface area contributed by atoms with Gasteiger partial charge in [0.1, 0.15) is 5.02 Å². The number of nitrogens with one attached hydrogen (secondary N) is 1. The standard InChI is InChI=1S/C11H19ClN4O2/c1-15(2)5-4-13-9-8-14-16(6-7-18-3)11(17)10(9)12/h8,13H,4-7H2,1-3H3. The second-order valence-electron chi connectivity index (χ2n) is 4.12. The molecule has 0 aromatic carbocycles. The Morgan fingerprint density at radius 2 is 2.28 bits per heavy atom. The van der Waals surface area contributed by atoms with Gasteiger partial charge < -0.3 is 15.0 Å². The van der Waals surface area contributed by atoms with E-state index in [1.165, 1.54) is 4.68 Å². The number of ether oxygens (including phenoxy) is 1. The quantitative estimate of drug-likeness (QED) is 0.785. The highest BCUT2D eigenvalue weighted by Crippen LogP contribution is 2.14. The minimum Gasteiger partial charge on any atom is -0.383 e. The summed E-state index contributed by atoms with van der Waals surface area (Å²) in [5, 5.41) is 7.29. The Kier molecular flexibility index (Phi) is 6.11. The molecule has 0 radical (unpaired) electrons. The maximum atomic E-state index is 11.9. The summed E-state index contributed by atoms with van der Waals surface area (Å²) in [6, 6.07) is 0. The summed E-state index contributed by atoms with van der Waals surface area (Å²) < 4.78 is 6.19. The summed E-state index contributed by atoms with van der Waals surface area (Å²) in [7, 11) is 5.53. The summed E-state index contributed by atoms with van der Waals surface area (Å²) in [6.45, 7) is 2.38. The van der Waals surface area contributed by atoms with Crippen LogP contribution in [0.3, 0.4) is 0 Å². The van der Waals surface area contributed by atoms with Crippen molar-refractivity contribution in [2.75, 3.05) is 46.2 Å². The Balaban J connectivity index is 2.71. The van der Waals surface area contributed by atoms with Crippen LogP contribution in [-0.4, -0.2) is 55.6 Å². The molecule has 1 aromatic rings. The lowest BCUT2D eigenvalue weighted by atomic mass is 10.4. The molecule has 0 aliphatic carbocycles. The molecular formula is C11H19ClN4O2. The number of halogens is 1. The van der Waals surface area contributed by atoms with E-state index in [0.29, 0.717) is 25.4 Å². The monoisotopic (exact) mass is 274 g/mol. The fourth-order valence-electron chi connectivity index (χ4n) is 1.34. The molecule has 0 spiro atoms. The van der Waals surface area contributed by atoms with Crippen molar-refractivity contribution in [2.45, 2.75) is 6.54 Å². The van der Waals surface area contributed by atoms with Gasteiger partial charge in [0, 0.05) is 20.2 Å². The average molecular weight is 275 g/mol. The first-order valence-corrected chi connectivity index (χ1v) is 6.07. The van der Waals surface area contributed by atoms with Crippen LogP contribution in [0.25, 0.3) is 0 Å². The molecule has 18 heavy (non-hydrogen) atoms. The summed E-state index contributed by atoms with van der Waals surface area (Å²) in [6.07, 6.45) is 1.56. The number of anilines is 1. The second-order valence-corrected chi connectivity index (χ2v) is 4.50. The Labute approximate surface area is 111 Å². The summed E-state index contributed by atoms with van der Waals surface area (Å²) in [5.41, 5.74) is 0.265. The summed E-state index contributed by atoms with van der Waals surface area (Å²) in [5.74, 6) is 0. The molecule has 0 unspecified atom stereocenters. The Hall–Kier alpha value is -1.11. The van der Waals surface area contributed by atoms with Crippen molar-refractivity contribution in [1.82, 2.24) is 14.7 Å². The lowest BCUT2D eigenvalue weighted by Gasteiger charge is -2.12. The van der Waals surface area contributed by atoms with E-state index >= 15 is 0 Å². The number of nitrogens with zero attached hydrogens (tertiary/aromatic N) is 3. The van der Waals surface area contributed by atoms with Crippen LogP contribution >= 0.6 is 11.6 Å². The number of rotatable bonds is 7. The fraction of sp³-hybridized carbons (Fsp3) is 0.636. The fourth-order valence-corrected chi connectivity index (χ4v) is 1.55. The van der Waals surface area contributed by atoms with Gasteiger partial charge in [-0.2, -0.15) is 5.10 Å². The van der Waals surface area contributed by atoms with Crippen LogP contribution in [0.2, 0.25) is 5.02 Å². The van der Waals surface area contributed by atoms with Crippen molar-refractivity contribution in [3.63, 3.8) is 0 Å². The molecule has 6 nitrogen and oxygen atoms in total. The van der Waals surface area contributed by atoms with Crippen molar-refractivity contribution in [1.29, 1.82) is 0 Å². The van der Waals surface area contributed by atoms with Gasteiger partial charge in [-0.1, -0.05) is 11.6 Å². The minimum absolute atomic E-state index is 0.167. The molecule has 1 N–H and O–H groups in total. The van der Waals surface area contributed by atoms with E-state index in [9.17, 15) is 4.79 Å². The van der Waals surface area contributed by atoms with Gasteiger partial charge in [0.15, 0.2) is 0 Å². The van der Waals surface area contributed by atoms with Crippen molar-refractivity contribution in [2.24, 2.45) is 0 Å². The molecule has 1 heterocycles. The maximum absolute atomic E-state index is 11.9. The van der Waals surface area contributed by atoms with Gasteiger partial charge in [-0.15, -0.1) is 0 Å². The topological polar surface area (TPSA) is 59.4 Å². The second kappa shape index (κ2) is 7.35. The number of likely N-dealkylation sites (N-methyl/N-ethyl adjacent to an activating group) is 1. The Morgan fingerprint density at radius 3 is 2.89 bits per heavy atom. The van der Waals surface area contributed by atoms with Crippen molar-refractivity contribution in [3.05, 3.63) is 21.6 Å². The lowest BCUT2D eigenvalue weighted by molar-refractivity contribution is 0.182. The number of methoxy groups -OCH3 is 1. The van der Waals surface area contributed by atoms with Crippen molar-refractivity contribution < 1.29 is 4.74 Å². The van der Waals surface area contributed by atoms with Gasteiger partial charge >= 0.3 is 0 Å². The smallest absolute Gasteiger partial charge is 0.287 e. The van der Waals surface area contributed by atoms with Gasteiger partial charge in [-0.05, 0) is 14.1 Å². The number of hydrogen-bond acceptors (Lipinski definition) is 5. The maximum Gasteiger partial charge on any atom is 0.287 e. The Bertz CT molecular complexity index is 434. The number of hydrogen-bond donors (Lipinski definition) is 1. The zero-order chi connectivity index (χ0) is 13.5. The molecule has 0 atom stereocenters. The van der Waals surface area contributed by atoms with E-state index in [-0.39, 0.29) is 10.6 Å². The van der Waals surface area contributed by atoms with Crippen LogP contribution in [0, 0.1) is 0 Å². The molecule has 0 saturated carbocycles. The highest BCUT2D eigenvalue weighted by molar-refractivity contribution is 6.32.